The fraction of sp³-hybridized carbons (Fsp3) is 0.727. The summed E-state index contributed by atoms with van der Waals surface area (Å²) < 4.78 is 0. The largest absolute Gasteiger partial charge is 0.337 e. The maximum atomic E-state index is 12.1. The number of hydrogen-bond donors (Lipinski definition) is 1. The van der Waals surface area contributed by atoms with E-state index in [1.54, 1.807) is 0 Å². The van der Waals surface area contributed by atoms with Gasteiger partial charge in [0, 0.05) is 31.2 Å². The highest BCUT2D eigenvalue weighted by atomic mass is 32.2. The van der Waals surface area contributed by atoms with Gasteiger partial charge in [-0.1, -0.05) is 0 Å². The van der Waals surface area contributed by atoms with Gasteiger partial charge in [-0.2, -0.15) is 16.9 Å². The van der Waals surface area contributed by atoms with Crippen LogP contribution in [0.5, 0.6) is 0 Å². The molecule has 6 heteroatoms. The van der Waals surface area contributed by atoms with Crippen molar-refractivity contribution in [3.63, 3.8) is 0 Å². The summed E-state index contributed by atoms with van der Waals surface area (Å²) in [5.41, 5.74) is 2.86. The number of rotatable bonds is 2. The van der Waals surface area contributed by atoms with E-state index in [4.69, 9.17) is 0 Å². The van der Waals surface area contributed by atoms with Crippen LogP contribution >= 0.6 is 11.8 Å². The average Bonchev–Trinajstić information content (AvgIpc) is 2.39. The van der Waals surface area contributed by atoms with Crippen molar-refractivity contribution in [2.45, 2.75) is 30.9 Å². The molecule has 0 aliphatic carbocycles. The van der Waals surface area contributed by atoms with Gasteiger partial charge in [-0.3, -0.25) is 9.59 Å². The smallest absolute Gasteiger partial charge is 0.270 e. The van der Waals surface area contributed by atoms with E-state index in [1.807, 2.05) is 16.7 Å². The fourth-order valence-corrected chi connectivity index (χ4v) is 2.79. The second-order valence-corrected chi connectivity index (χ2v) is 5.46. The molecule has 2 aliphatic heterocycles. The maximum absolute atomic E-state index is 12.1. The van der Waals surface area contributed by atoms with Gasteiger partial charge in [0.1, 0.15) is 5.71 Å². The topological polar surface area (TPSA) is 61.8 Å². The van der Waals surface area contributed by atoms with Crippen molar-refractivity contribution in [2.24, 2.45) is 5.10 Å². The van der Waals surface area contributed by atoms with Crippen LogP contribution in [0.25, 0.3) is 0 Å². The maximum Gasteiger partial charge on any atom is 0.270 e. The Kier molecular flexibility index (Phi) is 4.04. The Morgan fingerprint density at radius 2 is 2.12 bits per heavy atom. The first-order valence-electron chi connectivity index (χ1n) is 5.88. The van der Waals surface area contributed by atoms with Crippen LogP contribution in [0.2, 0.25) is 0 Å². The number of likely N-dealkylation sites (tertiary alicyclic amines) is 1. The van der Waals surface area contributed by atoms with E-state index in [0.717, 1.165) is 25.9 Å². The van der Waals surface area contributed by atoms with Gasteiger partial charge >= 0.3 is 0 Å². The molecule has 0 bridgehead atoms. The Bertz CT molecular complexity index is 349. The number of carbonyl (C=O) groups is 2. The molecule has 0 spiro atoms. The number of thioether (sulfide) groups is 1. The Morgan fingerprint density at radius 3 is 2.65 bits per heavy atom. The summed E-state index contributed by atoms with van der Waals surface area (Å²) in [6.07, 6.45) is 5.04. The molecule has 1 fully saturated rings. The van der Waals surface area contributed by atoms with Crippen LogP contribution in [-0.2, 0) is 9.59 Å². The third-order valence-electron chi connectivity index (χ3n) is 3.21. The summed E-state index contributed by atoms with van der Waals surface area (Å²) in [6, 6.07) is 0. The summed E-state index contributed by atoms with van der Waals surface area (Å²) in [6.45, 7) is 1.61. The van der Waals surface area contributed by atoms with Crippen molar-refractivity contribution in [3.05, 3.63) is 0 Å². The van der Waals surface area contributed by atoms with Gasteiger partial charge in [-0.25, -0.2) is 5.43 Å². The molecule has 0 unspecified atom stereocenters. The van der Waals surface area contributed by atoms with Gasteiger partial charge < -0.3 is 4.90 Å². The molecule has 17 heavy (non-hydrogen) atoms. The SMILES string of the molecule is CSC1CCN(C(=O)C2=NNC(=O)CC2)CC1. The van der Waals surface area contributed by atoms with E-state index in [-0.39, 0.29) is 11.8 Å². The Hall–Kier alpha value is -1.04. The van der Waals surface area contributed by atoms with E-state index >= 15 is 0 Å². The van der Waals surface area contributed by atoms with Crippen LogP contribution in [0.4, 0.5) is 0 Å². The molecule has 94 valence electrons. The van der Waals surface area contributed by atoms with Crippen molar-refractivity contribution in [3.8, 4) is 0 Å². The third-order valence-corrected chi connectivity index (χ3v) is 4.35. The lowest BCUT2D eigenvalue weighted by Crippen LogP contribution is -2.44. The quantitative estimate of drug-likeness (QED) is 0.786. The molecular formula is C11H17N3O2S. The molecule has 2 amide bonds. The van der Waals surface area contributed by atoms with Crippen LogP contribution in [0.15, 0.2) is 5.10 Å². The number of carbonyl (C=O) groups excluding carboxylic acids is 2. The third kappa shape index (κ3) is 3.00. The second-order valence-electron chi connectivity index (χ2n) is 4.32. The minimum Gasteiger partial charge on any atom is -0.337 e. The van der Waals surface area contributed by atoms with Gasteiger partial charge in [0.2, 0.25) is 5.91 Å². The number of hydrogen-bond acceptors (Lipinski definition) is 4. The van der Waals surface area contributed by atoms with Gasteiger partial charge in [0.05, 0.1) is 0 Å². The van der Waals surface area contributed by atoms with Crippen molar-refractivity contribution in [2.75, 3.05) is 19.3 Å². The summed E-state index contributed by atoms with van der Waals surface area (Å²) in [5.74, 6) is -0.118. The van der Waals surface area contributed by atoms with Crippen LogP contribution in [0, 0.1) is 0 Å². The van der Waals surface area contributed by atoms with Crippen molar-refractivity contribution in [1.29, 1.82) is 0 Å². The fourth-order valence-electron chi connectivity index (χ4n) is 2.11. The van der Waals surface area contributed by atoms with Gasteiger partial charge in [-0.15, -0.1) is 0 Å². The van der Waals surface area contributed by atoms with Gasteiger partial charge in [0.15, 0.2) is 0 Å². The second kappa shape index (κ2) is 5.53. The van der Waals surface area contributed by atoms with Gasteiger partial charge in [-0.05, 0) is 19.1 Å². The van der Waals surface area contributed by atoms with Crippen molar-refractivity contribution in [1.82, 2.24) is 10.3 Å². The first-order valence-corrected chi connectivity index (χ1v) is 7.17. The van der Waals surface area contributed by atoms with Crippen molar-refractivity contribution >= 4 is 29.3 Å². The molecule has 1 saturated heterocycles. The molecule has 0 saturated carbocycles. The molecule has 0 atom stereocenters. The molecular weight excluding hydrogens is 238 g/mol. The van der Waals surface area contributed by atoms with Crippen LogP contribution in [0.3, 0.4) is 0 Å². The highest BCUT2D eigenvalue weighted by Crippen LogP contribution is 2.21. The number of nitrogens with one attached hydrogen (secondary N) is 1. The molecule has 2 rings (SSSR count). The minimum absolute atomic E-state index is 0.00967. The van der Waals surface area contributed by atoms with Crippen molar-refractivity contribution < 1.29 is 9.59 Å². The lowest BCUT2D eigenvalue weighted by atomic mass is 10.1. The number of nitrogens with zero attached hydrogens (tertiary/aromatic N) is 2. The van der Waals surface area contributed by atoms with E-state index in [2.05, 4.69) is 16.8 Å². The van der Waals surface area contributed by atoms with E-state index in [1.165, 1.54) is 0 Å². The minimum atomic E-state index is -0.109. The normalized spacial score (nSPS) is 22.1. The zero-order valence-electron chi connectivity index (χ0n) is 9.94. The molecule has 1 N–H and O–H groups in total. The zero-order valence-corrected chi connectivity index (χ0v) is 10.8. The summed E-state index contributed by atoms with van der Waals surface area (Å²) in [7, 11) is 0. The molecule has 2 aliphatic rings. The monoisotopic (exact) mass is 255 g/mol. The molecule has 0 aromatic rings. The van der Waals surface area contributed by atoms with E-state index < -0.39 is 0 Å². The van der Waals surface area contributed by atoms with Crippen LogP contribution in [-0.4, -0.2) is 47.0 Å². The van der Waals surface area contributed by atoms with E-state index in [0.29, 0.717) is 23.8 Å². The molecule has 5 nitrogen and oxygen atoms in total. The first kappa shape index (κ1) is 12.4. The molecule has 0 aromatic heterocycles. The summed E-state index contributed by atoms with van der Waals surface area (Å²) >= 11 is 1.87. The zero-order chi connectivity index (χ0) is 12.3. The molecule has 0 aromatic carbocycles. The lowest BCUT2D eigenvalue weighted by molar-refractivity contribution is -0.125. The number of amides is 2. The predicted molar refractivity (Wildman–Crippen MR) is 67.9 cm³/mol. The lowest BCUT2D eigenvalue weighted by Gasteiger charge is -2.31. The number of hydrazone groups is 1. The predicted octanol–water partition coefficient (Wildman–Crippen LogP) is 0.606. The molecule has 2 heterocycles. The van der Waals surface area contributed by atoms with E-state index in [9.17, 15) is 9.59 Å². The summed E-state index contributed by atoms with van der Waals surface area (Å²) in [5, 5.41) is 4.52. The highest BCUT2D eigenvalue weighted by molar-refractivity contribution is 7.99. The summed E-state index contributed by atoms with van der Waals surface area (Å²) in [4.78, 5) is 24.9. The van der Waals surface area contributed by atoms with Crippen LogP contribution < -0.4 is 5.43 Å². The average molecular weight is 255 g/mol. The Balaban J connectivity index is 1.90. The van der Waals surface area contributed by atoms with Crippen LogP contribution in [0.1, 0.15) is 25.7 Å². The first-order chi connectivity index (χ1) is 8.20. The Labute approximate surface area is 105 Å². The number of piperidine rings is 1. The van der Waals surface area contributed by atoms with Gasteiger partial charge in [0.25, 0.3) is 5.91 Å². The Morgan fingerprint density at radius 1 is 1.41 bits per heavy atom. The molecule has 0 radical (unpaired) electrons. The highest BCUT2D eigenvalue weighted by Gasteiger charge is 2.27. The standard InChI is InChI=1S/C11H17N3O2S/c1-17-8-4-6-14(7-5-8)11(16)9-2-3-10(15)13-12-9/h8H,2-7H2,1H3,(H,13,15).